The number of thiazole rings is 1. The molecule has 2 aromatic carbocycles. The maximum atomic E-state index is 13.5. The molecular weight excluding hydrogens is 432 g/mol. The maximum Gasteiger partial charge on any atom is 0.243 e. The topological polar surface area (TPSA) is 68.7 Å². The van der Waals surface area contributed by atoms with E-state index >= 15 is 0 Å². The maximum absolute atomic E-state index is 13.5. The van der Waals surface area contributed by atoms with Crippen LogP contribution in [0.4, 0.5) is 0 Å². The molecule has 0 aliphatic carbocycles. The first-order valence-corrected chi connectivity index (χ1v) is 12.3. The van der Waals surface area contributed by atoms with Crippen LogP contribution < -0.4 is 9.47 Å². The molecule has 31 heavy (non-hydrogen) atoms. The van der Waals surface area contributed by atoms with Crippen LogP contribution in [0.25, 0.3) is 10.6 Å². The molecule has 0 amide bonds. The van der Waals surface area contributed by atoms with Gasteiger partial charge in [0.1, 0.15) is 5.01 Å². The zero-order valence-corrected chi connectivity index (χ0v) is 20.0. The number of aromatic nitrogens is 1. The Kier molecular flexibility index (Phi) is 5.81. The number of benzene rings is 2. The highest BCUT2D eigenvalue weighted by Crippen LogP contribution is 2.37. The van der Waals surface area contributed by atoms with Crippen molar-refractivity contribution >= 4 is 21.4 Å². The first kappa shape index (κ1) is 21.8. The molecule has 0 saturated heterocycles. The van der Waals surface area contributed by atoms with Gasteiger partial charge in [-0.2, -0.15) is 4.31 Å². The zero-order valence-electron chi connectivity index (χ0n) is 18.4. The molecule has 6 nitrogen and oxygen atoms in total. The molecule has 0 spiro atoms. The van der Waals surface area contributed by atoms with Crippen molar-refractivity contribution in [3.8, 4) is 22.1 Å². The van der Waals surface area contributed by atoms with Gasteiger partial charge in [-0.1, -0.05) is 17.7 Å². The van der Waals surface area contributed by atoms with Gasteiger partial charge in [-0.25, -0.2) is 13.4 Å². The van der Waals surface area contributed by atoms with Crippen molar-refractivity contribution in [2.24, 2.45) is 0 Å². The molecule has 0 radical (unpaired) electrons. The number of fused-ring (bicyclic) bond motifs is 1. The highest BCUT2D eigenvalue weighted by molar-refractivity contribution is 7.89. The van der Waals surface area contributed by atoms with Crippen LogP contribution >= 0.6 is 11.3 Å². The number of methoxy groups -OCH3 is 2. The van der Waals surface area contributed by atoms with E-state index in [1.807, 2.05) is 51.1 Å². The van der Waals surface area contributed by atoms with Crippen LogP contribution in [0.5, 0.6) is 11.5 Å². The van der Waals surface area contributed by atoms with Gasteiger partial charge in [0.25, 0.3) is 0 Å². The van der Waals surface area contributed by atoms with Gasteiger partial charge < -0.3 is 9.47 Å². The number of aryl methyl sites for hydroxylation is 3. The molecule has 0 saturated carbocycles. The molecular formula is C23H26N2O4S2. The molecule has 3 aromatic rings. The fourth-order valence-electron chi connectivity index (χ4n) is 4.17. The summed E-state index contributed by atoms with van der Waals surface area (Å²) in [6, 6.07) is 9.55. The number of hydrogen-bond acceptors (Lipinski definition) is 6. The largest absolute Gasteiger partial charge is 0.493 e. The van der Waals surface area contributed by atoms with Crippen LogP contribution in [0.1, 0.15) is 27.3 Å². The molecule has 0 atom stereocenters. The van der Waals surface area contributed by atoms with Gasteiger partial charge in [0.2, 0.25) is 10.0 Å². The second-order valence-electron chi connectivity index (χ2n) is 7.78. The average Bonchev–Trinajstić information content (AvgIpc) is 3.15. The standard InChI is InChI=1S/C23H26N2O4S2/c1-14-10-15(2)22(16(3)11-14)31(26,27)25-9-8-18-21(13-25)30-23(24-18)17-6-7-19(28-4)20(12-17)29-5/h6-7,10-12H,8-9,13H2,1-5H3. The van der Waals surface area contributed by atoms with E-state index < -0.39 is 10.0 Å². The Bertz CT molecular complexity index is 1230. The Labute approximate surface area is 187 Å². The van der Waals surface area contributed by atoms with E-state index in [0.717, 1.165) is 37.8 Å². The van der Waals surface area contributed by atoms with Gasteiger partial charge in [0.15, 0.2) is 11.5 Å². The summed E-state index contributed by atoms with van der Waals surface area (Å²) in [4.78, 5) is 6.20. The minimum atomic E-state index is -3.58. The number of nitrogens with zero attached hydrogens (tertiary/aromatic N) is 2. The van der Waals surface area contributed by atoms with Crippen molar-refractivity contribution in [1.82, 2.24) is 9.29 Å². The van der Waals surface area contributed by atoms with Crippen molar-refractivity contribution in [3.05, 3.63) is 57.6 Å². The van der Waals surface area contributed by atoms with E-state index in [9.17, 15) is 8.42 Å². The molecule has 0 bridgehead atoms. The Morgan fingerprint density at radius 3 is 2.32 bits per heavy atom. The van der Waals surface area contributed by atoms with Crippen LogP contribution in [0, 0.1) is 20.8 Å². The molecule has 8 heteroatoms. The first-order chi connectivity index (χ1) is 14.7. The van der Waals surface area contributed by atoms with Crippen molar-refractivity contribution in [2.45, 2.75) is 38.6 Å². The number of ether oxygens (including phenoxy) is 2. The van der Waals surface area contributed by atoms with Crippen LogP contribution in [0.3, 0.4) is 0 Å². The van der Waals surface area contributed by atoms with Gasteiger partial charge in [-0.3, -0.25) is 0 Å². The second-order valence-corrected chi connectivity index (χ2v) is 10.7. The van der Waals surface area contributed by atoms with E-state index in [0.29, 0.717) is 35.9 Å². The van der Waals surface area contributed by atoms with Gasteiger partial charge in [0.05, 0.1) is 31.4 Å². The summed E-state index contributed by atoms with van der Waals surface area (Å²) in [5.41, 5.74) is 4.55. The predicted molar refractivity (Wildman–Crippen MR) is 123 cm³/mol. The number of hydrogen-bond donors (Lipinski definition) is 0. The molecule has 0 N–H and O–H groups in total. The summed E-state index contributed by atoms with van der Waals surface area (Å²) in [5.74, 6) is 1.30. The quantitative estimate of drug-likeness (QED) is 0.563. The minimum absolute atomic E-state index is 0.343. The molecule has 2 heterocycles. The second kappa shape index (κ2) is 8.26. The summed E-state index contributed by atoms with van der Waals surface area (Å²) in [5, 5.41) is 0.855. The van der Waals surface area contributed by atoms with Crippen LogP contribution in [0.2, 0.25) is 0 Å². The minimum Gasteiger partial charge on any atom is -0.493 e. The molecule has 1 aromatic heterocycles. The molecule has 1 aliphatic rings. The normalized spacial score (nSPS) is 14.4. The fraction of sp³-hybridized carbons (Fsp3) is 0.348. The van der Waals surface area contributed by atoms with Crippen LogP contribution in [0.15, 0.2) is 35.2 Å². The lowest BCUT2D eigenvalue weighted by Crippen LogP contribution is -2.36. The Hall–Kier alpha value is -2.42. The molecule has 0 fully saturated rings. The van der Waals surface area contributed by atoms with E-state index in [1.54, 1.807) is 18.5 Å². The van der Waals surface area contributed by atoms with Crippen molar-refractivity contribution < 1.29 is 17.9 Å². The molecule has 0 unspecified atom stereocenters. The number of sulfonamides is 1. The summed E-state index contributed by atoms with van der Waals surface area (Å²) in [7, 11) is -0.375. The van der Waals surface area contributed by atoms with Gasteiger partial charge in [-0.05, 0) is 50.1 Å². The van der Waals surface area contributed by atoms with Gasteiger partial charge in [-0.15, -0.1) is 11.3 Å². The lowest BCUT2D eigenvalue weighted by atomic mass is 10.1. The van der Waals surface area contributed by atoms with Crippen molar-refractivity contribution in [2.75, 3.05) is 20.8 Å². The van der Waals surface area contributed by atoms with E-state index in [-0.39, 0.29) is 0 Å². The Morgan fingerprint density at radius 2 is 1.68 bits per heavy atom. The third-order valence-electron chi connectivity index (χ3n) is 5.53. The first-order valence-electron chi connectivity index (χ1n) is 10.0. The number of rotatable bonds is 5. The summed E-state index contributed by atoms with van der Waals surface area (Å²) >= 11 is 1.53. The molecule has 4 rings (SSSR count). The third-order valence-corrected chi connectivity index (χ3v) is 8.81. The van der Waals surface area contributed by atoms with Crippen LogP contribution in [-0.4, -0.2) is 38.5 Å². The fourth-order valence-corrected chi connectivity index (χ4v) is 7.19. The van der Waals surface area contributed by atoms with E-state index in [4.69, 9.17) is 14.5 Å². The molecule has 1 aliphatic heterocycles. The molecule has 164 valence electrons. The average molecular weight is 459 g/mol. The highest BCUT2D eigenvalue weighted by Gasteiger charge is 2.32. The lowest BCUT2D eigenvalue weighted by Gasteiger charge is -2.27. The highest BCUT2D eigenvalue weighted by atomic mass is 32.2. The summed E-state index contributed by atoms with van der Waals surface area (Å²) in [6.45, 7) is 6.48. The van der Waals surface area contributed by atoms with Gasteiger partial charge in [0, 0.05) is 23.4 Å². The van der Waals surface area contributed by atoms with E-state index in [2.05, 4.69) is 0 Å². The van der Waals surface area contributed by atoms with Crippen molar-refractivity contribution in [3.63, 3.8) is 0 Å². The SMILES string of the molecule is COc1ccc(-c2nc3c(s2)CN(S(=O)(=O)c2c(C)cc(C)cc2C)CC3)cc1OC. The summed E-state index contributed by atoms with van der Waals surface area (Å²) < 4.78 is 39.2. The van der Waals surface area contributed by atoms with Crippen LogP contribution in [-0.2, 0) is 23.0 Å². The predicted octanol–water partition coefficient (Wildman–Crippen LogP) is 4.50. The Balaban J connectivity index is 1.66. The lowest BCUT2D eigenvalue weighted by molar-refractivity contribution is 0.355. The monoisotopic (exact) mass is 458 g/mol. The third kappa shape index (κ3) is 3.95. The summed E-state index contributed by atoms with van der Waals surface area (Å²) in [6.07, 6.45) is 0.600. The van der Waals surface area contributed by atoms with E-state index in [1.165, 1.54) is 11.3 Å². The zero-order chi connectivity index (χ0) is 22.3. The van der Waals surface area contributed by atoms with Crippen molar-refractivity contribution in [1.29, 1.82) is 0 Å². The van der Waals surface area contributed by atoms with Gasteiger partial charge >= 0.3 is 0 Å². The smallest absolute Gasteiger partial charge is 0.243 e. The Morgan fingerprint density at radius 1 is 1.00 bits per heavy atom.